The number of nitrogens with one attached hydrogen (secondary N) is 2. The van der Waals surface area contributed by atoms with E-state index in [1.54, 1.807) is 0 Å². The molecule has 1 saturated heterocycles. The van der Waals surface area contributed by atoms with Gasteiger partial charge in [0.05, 0.1) is 19.0 Å². The van der Waals surface area contributed by atoms with Crippen LogP contribution >= 0.6 is 0 Å². The van der Waals surface area contributed by atoms with Crippen LogP contribution in [-0.2, 0) is 14.4 Å². The lowest BCUT2D eigenvalue weighted by Crippen LogP contribution is -2.51. The second-order valence-corrected chi connectivity index (χ2v) is 8.44. The van der Waals surface area contributed by atoms with Gasteiger partial charge < -0.3 is 15.5 Å². The van der Waals surface area contributed by atoms with Crippen LogP contribution < -0.4 is 10.6 Å². The SMILES string of the molecule is CC(=O)NC(CC(=O)N1CCN(CC(=O)Nc2ccc(C)cc2)CC1)c1ccc(C)cc1. The lowest BCUT2D eigenvalue weighted by Gasteiger charge is -2.35. The van der Waals surface area contributed by atoms with Gasteiger partial charge in [-0.05, 0) is 31.5 Å². The van der Waals surface area contributed by atoms with Gasteiger partial charge in [-0.3, -0.25) is 19.3 Å². The van der Waals surface area contributed by atoms with E-state index in [2.05, 4.69) is 15.5 Å². The van der Waals surface area contributed by atoms with Crippen molar-refractivity contribution in [1.29, 1.82) is 0 Å². The highest BCUT2D eigenvalue weighted by molar-refractivity contribution is 5.92. The van der Waals surface area contributed by atoms with Crippen molar-refractivity contribution in [3.63, 3.8) is 0 Å². The number of anilines is 1. The number of nitrogens with zero attached hydrogens (tertiary/aromatic N) is 2. The highest BCUT2D eigenvalue weighted by atomic mass is 16.2. The topological polar surface area (TPSA) is 81.8 Å². The molecule has 1 fully saturated rings. The molecule has 7 nitrogen and oxygen atoms in total. The highest BCUT2D eigenvalue weighted by Gasteiger charge is 2.25. The number of aryl methyl sites for hydroxylation is 2. The third-order valence-corrected chi connectivity index (χ3v) is 5.66. The molecular formula is C25H32N4O3. The average Bonchev–Trinajstić information content (AvgIpc) is 2.75. The first kappa shape index (κ1) is 23.5. The second kappa shape index (κ2) is 10.9. The summed E-state index contributed by atoms with van der Waals surface area (Å²) in [6, 6.07) is 15.2. The fraction of sp³-hybridized carbons (Fsp3) is 0.400. The van der Waals surface area contributed by atoms with Crippen molar-refractivity contribution in [2.24, 2.45) is 0 Å². The first-order valence-electron chi connectivity index (χ1n) is 11.0. The first-order valence-corrected chi connectivity index (χ1v) is 11.0. The molecular weight excluding hydrogens is 404 g/mol. The van der Waals surface area contributed by atoms with Gasteiger partial charge in [0.1, 0.15) is 0 Å². The molecule has 1 aliphatic rings. The molecule has 7 heteroatoms. The number of piperazine rings is 1. The molecule has 0 spiro atoms. The summed E-state index contributed by atoms with van der Waals surface area (Å²) in [5.74, 6) is -0.209. The van der Waals surface area contributed by atoms with Crippen molar-refractivity contribution in [1.82, 2.24) is 15.1 Å². The van der Waals surface area contributed by atoms with Gasteiger partial charge in [-0.15, -0.1) is 0 Å². The van der Waals surface area contributed by atoms with Crippen molar-refractivity contribution in [3.05, 3.63) is 65.2 Å². The Kier molecular flexibility index (Phi) is 8.00. The molecule has 2 aromatic carbocycles. The summed E-state index contributed by atoms with van der Waals surface area (Å²) in [4.78, 5) is 40.8. The first-order chi connectivity index (χ1) is 15.3. The van der Waals surface area contributed by atoms with Crippen LogP contribution in [0.2, 0.25) is 0 Å². The van der Waals surface area contributed by atoms with Crippen LogP contribution in [0.5, 0.6) is 0 Å². The number of benzene rings is 2. The van der Waals surface area contributed by atoms with Crippen molar-refractivity contribution in [2.75, 3.05) is 38.0 Å². The molecule has 0 saturated carbocycles. The molecule has 1 unspecified atom stereocenters. The summed E-state index contributed by atoms with van der Waals surface area (Å²) in [6.45, 7) is 8.19. The van der Waals surface area contributed by atoms with E-state index < -0.39 is 0 Å². The van der Waals surface area contributed by atoms with Crippen LogP contribution in [0, 0.1) is 13.8 Å². The Labute approximate surface area is 189 Å². The van der Waals surface area contributed by atoms with E-state index in [0.717, 1.165) is 22.4 Å². The molecule has 170 valence electrons. The zero-order chi connectivity index (χ0) is 23.1. The Hall–Kier alpha value is -3.19. The number of hydrogen-bond donors (Lipinski definition) is 2. The smallest absolute Gasteiger partial charge is 0.238 e. The Bertz CT molecular complexity index is 933. The molecule has 1 heterocycles. The van der Waals surface area contributed by atoms with Crippen molar-refractivity contribution >= 4 is 23.4 Å². The maximum Gasteiger partial charge on any atom is 0.238 e. The molecule has 0 bridgehead atoms. The molecule has 2 N–H and O–H groups in total. The van der Waals surface area contributed by atoms with E-state index >= 15 is 0 Å². The Morgan fingerprint density at radius 1 is 0.875 bits per heavy atom. The van der Waals surface area contributed by atoms with Gasteiger partial charge in [-0.1, -0.05) is 47.5 Å². The summed E-state index contributed by atoms with van der Waals surface area (Å²) in [5.41, 5.74) is 3.98. The van der Waals surface area contributed by atoms with Crippen LogP contribution in [0.3, 0.4) is 0 Å². The fourth-order valence-electron chi connectivity index (χ4n) is 3.80. The monoisotopic (exact) mass is 436 g/mol. The summed E-state index contributed by atoms with van der Waals surface area (Å²) in [6.07, 6.45) is 0.219. The summed E-state index contributed by atoms with van der Waals surface area (Å²) in [7, 11) is 0. The third-order valence-electron chi connectivity index (χ3n) is 5.66. The molecule has 3 amide bonds. The molecule has 1 aliphatic heterocycles. The standard InChI is InChI=1S/C25H32N4O3/c1-18-4-8-21(9-5-18)23(26-20(3)30)16-25(32)29-14-12-28(13-15-29)17-24(31)27-22-10-6-19(2)7-11-22/h4-11,23H,12-17H2,1-3H3,(H,26,30)(H,27,31). The summed E-state index contributed by atoms with van der Waals surface area (Å²) < 4.78 is 0. The van der Waals surface area contributed by atoms with Crippen LogP contribution in [-0.4, -0.2) is 60.2 Å². The van der Waals surface area contributed by atoms with Gasteiger partial charge in [0.2, 0.25) is 17.7 Å². The Morgan fingerprint density at radius 2 is 1.44 bits per heavy atom. The van der Waals surface area contributed by atoms with Crippen molar-refractivity contribution in [3.8, 4) is 0 Å². The van der Waals surface area contributed by atoms with E-state index in [1.807, 2.05) is 67.3 Å². The summed E-state index contributed by atoms with van der Waals surface area (Å²) in [5, 5.41) is 5.81. The van der Waals surface area contributed by atoms with Crippen LogP contribution in [0.1, 0.15) is 36.1 Å². The number of hydrogen-bond acceptors (Lipinski definition) is 4. The van der Waals surface area contributed by atoms with Gasteiger partial charge in [-0.2, -0.15) is 0 Å². The lowest BCUT2D eigenvalue weighted by molar-refractivity contribution is -0.133. The zero-order valence-corrected chi connectivity index (χ0v) is 19.1. The minimum atomic E-state index is -0.348. The highest BCUT2D eigenvalue weighted by Crippen LogP contribution is 2.19. The van der Waals surface area contributed by atoms with Crippen molar-refractivity contribution < 1.29 is 14.4 Å². The lowest BCUT2D eigenvalue weighted by atomic mass is 10.0. The number of rotatable bonds is 7. The molecule has 0 aromatic heterocycles. The third kappa shape index (κ3) is 6.92. The molecule has 32 heavy (non-hydrogen) atoms. The van der Waals surface area contributed by atoms with E-state index in [1.165, 1.54) is 6.92 Å². The van der Waals surface area contributed by atoms with Crippen molar-refractivity contribution in [2.45, 2.75) is 33.2 Å². The molecule has 1 atom stereocenters. The predicted molar refractivity (Wildman–Crippen MR) is 125 cm³/mol. The minimum absolute atomic E-state index is 0.00748. The van der Waals surface area contributed by atoms with Gasteiger partial charge in [0.25, 0.3) is 0 Å². The largest absolute Gasteiger partial charge is 0.349 e. The van der Waals surface area contributed by atoms with Crippen LogP contribution in [0.25, 0.3) is 0 Å². The number of carbonyl (C=O) groups is 3. The quantitative estimate of drug-likeness (QED) is 0.699. The zero-order valence-electron chi connectivity index (χ0n) is 19.1. The van der Waals surface area contributed by atoms with Gasteiger partial charge in [0.15, 0.2) is 0 Å². The predicted octanol–water partition coefficient (Wildman–Crippen LogP) is 2.65. The molecule has 0 aliphatic carbocycles. The molecule has 3 rings (SSSR count). The Balaban J connectivity index is 1.49. The average molecular weight is 437 g/mol. The van der Waals surface area contributed by atoms with Crippen LogP contribution in [0.15, 0.2) is 48.5 Å². The van der Waals surface area contributed by atoms with Crippen LogP contribution in [0.4, 0.5) is 5.69 Å². The van der Waals surface area contributed by atoms with E-state index in [9.17, 15) is 14.4 Å². The van der Waals surface area contributed by atoms with Gasteiger partial charge in [0, 0.05) is 38.8 Å². The number of carbonyl (C=O) groups excluding carboxylic acids is 3. The fourth-order valence-corrected chi connectivity index (χ4v) is 3.80. The maximum absolute atomic E-state index is 12.9. The normalized spacial score (nSPS) is 15.2. The van der Waals surface area contributed by atoms with Gasteiger partial charge >= 0.3 is 0 Å². The molecule has 0 radical (unpaired) electrons. The van der Waals surface area contributed by atoms with E-state index in [4.69, 9.17) is 0 Å². The maximum atomic E-state index is 12.9. The van der Waals surface area contributed by atoms with E-state index in [0.29, 0.717) is 32.7 Å². The summed E-state index contributed by atoms with van der Waals surface area (Å²) >= 11 is 0. The minimum Gasteiger partial charge on any atom is -0.349 e. The van der Waals surface area contributed by atoms with Gasteiger partial charge in [-0.25, -0.2) is 0 Å². The van der Waals surface area contributed by atoms with E-state index in [-0.39, 0.29) is 30.2 Å². The number of amides is 3. The molecule has 2 aromatic rings. The Morgan fingerprint density at radius 3 is 2.00 bits per heavy atom. The second-order valence-electron chi connectivity index (χ2n) is 8.44.